The quantitative estimate of drug-likeness (QED) is 0.722. The molecule has 0 aliphatic rings. The van der Waals surface area contributed by atoms with E-state index in [1.807, 2.05) is 6.07 Å². The number of carbonyl (C=O) groups excluding carboxylic acids is 2. The van der Waals surface area contributed by atoms with Crippen molar-refractivity contribution in [3.63, 3.8) is 0 Å². The van der Waals surface area contributed by atoms with Crippen molar-refractivity contribution < 1.29 is 9.59 Å². The van der Waals surface area contributed by atoms with Gasteiger partial charge < -0.3 is 15.6 Å². The summed E-state index contributed by atoms with van der Waals surface area (Å²) in [7, 11) is 1.59. The predicted octanol–water partition coefficient (Wildman–Crippen LogP) is 1.72. The van der Waals surface area contributed by atoms with Crippen LogP contribution in [0.5, 0.6) is 0 Å². The van der Waals surface area contributed by atoms with Gasteiger partial charge in [-0.1, -0.05) is 12.1 Å². The normalized spacial score (nSPS) is 10.1. The molecule has 2 rings (SSSR count). The molecule has 1 heterocycles. The summed E-state index contributed by atoms with van der Waals surface area (Å²) < 4.78 is 0. The summed E-state index contributed by atoms with van der Waals surface area (Å²) >= 11 is 0. The van der Waals surface area contributed by atoms with Crippen LogP contribution in [0.1, 0.15) is 34.4 Å². The molecule has 1 aromatic carbocycles. The molecule has 0 spiro atoms. The van der Waals surface area contributed by atoms with Crippen LogP contribution in [0.2, 0.25) is 0 Å². The van der Waals surface area contributed by atoms with E-state index in [0.717, 1.165) is 11.1 Å². The number of rotatable bonds is 6. The highest BCUT2D eigenvalue weighted by Gasteiger charge is 2.13. The fourth-order valence-electron chi connectivity index (χ4n) is 2.86. The Hall–Kier alpha value is -3.40. The van der Waals surface area contributed by atoms with Gasteiger partial charge in [0.15, 0.2) is 0 Å². The van der Waals surface area contributed by atoms with Gasteiger partial charge in [-0.3, -0.25) is 14.4 Å². The molecule has 0 saturated heterocycles. The lowest BCUT2D eigenvalue weighted by atomic mass is 9.99. The summed E-state index contributed by atoms with van der Waals surface area (Å²) in [5, 5.41) is 14.5. The number of nitrogens with zero attached hydrogens (tertiary/aromatic N) is 1. The van der Waals surface area contributed by atoms with E-state index in [1.165, 1.54) is 0 Å². The number of benzene rings is 1. The smallest absolute Gasteiger partial charge is 0.266 e. The summed E-state index contributed by atoms with van der Waals surface area (Å²) in [6.07, 6.45) is 0.930. The zero-order valence-corrected chi connectivity index (χ0v) is 15.6. The molecule has 0 fully saturated rings. The molecule has 3 N–H and O–H groups in total. The SMILES string of the molecule is CNC(=O)Cc1ccc(NC(=O)CCc2c(C)[nH]c(=O)c(C#N)c2C)cc1. The van der Waals surface area contributed by atoms with Gasteiger partial charge in [-0.2, -0.15) is 5.26 Å². The van der Waals surface area contributed by atoms with E-state index in [1.54, 1.807) is 45.2 Å². The lowest BCUT2D eigenvalue weighted by molar-refractivity contribution is -0.120. The van der Waals surface area contributed by atoms with Gasteiger partial charge in [0.2, 0.25) is 11.8 Å². The van der Waals surface area contributed by atoms with Crippen molar-refractivity contribution in [1.29, 1.82) is 5.26 Å². The van der Waals surface area contributed by atoms with E-state index in [9.17, 15) is 14.4 Å². The van der Waals surface area contributed by atoms with E-state index in [0.29, 0.717) is 23.4 Å². The van der Waals surface area contributed by atoms with Gasteiger partial charge in [-0.05, 0) is 49.1 Å². The third kappa shape index (κ3) is 5.05. The highest BCUT2D eigenvalue weighted by molar-refractivity contribution is 5.91. The molecule has 0 atom stereocenters. The molecule has 1 aromatic heterocycles. The highest BCUT2D eigenvalue weighted by Crippen LogP contribution is 2.16. The Morgan fingerprint density at radius 2 is 1.81 bits per heavy atom. The average molecular weight is 366 g/mol. The van der Waals surface area contributed by atoms with Crippen LogP contribution in [-0.2, 0) is 22.4 Å². The molecule has 0 unspecified atom stereocenters. The van der Waals surface area contributed by atoms with Crippen LogP contribution >= 0.6 is 0 Å². The monoisotopic (exact) mass is 366 g/mol. The molecule has 2 amide bonds. The number of carbonyl (C=O) groups is 2. The Kier molecular flexibility index (Phi) is 6.50. The van der Waals surface area contributed by atoms with Crippen molar-refractivity contribution in [1.82, 2.24) is 10.3 Å². The summed E-state index contributed by atoms with van der Waals surface area (Å²) in [5.41, 5.74) is 3.28. The van der Waals surface area contributed by atoms with Crippen molar-refractivity contribution in [3.05, 3.63) is 62.6 Å². The first kappa shape index (κ1) is 19.9. The standard InChI is InChI=1S/C20H22N4O3/c1-12-16(13(2)23-20(27)17(12)11-21)8-9-18(25)24-15-6-4-14(5-7-15)10-19(26)22-3/h4-7H,8-10H2,1-3H3,(H,22,26)(H,23,27)(H,24,25). The maximum absolute atomic E-state index is 12.2. The van der Waals surface area contributed by atoms with Gasteiger partial charge >= 0.3 is 0 Å². The maximum atomic E-state index is 12.2. The van der Waals surface area contributed by atoms with Crippen molar-refractivity contribution in [2.24, 2.45) is 0 Å². The molecule has 7 nitrogen and oxygen atoms in total. The fourth-order valence-corrected chi connectivity index (χ4v) is 2.86. The molecule has 0 aliphatic carbocycles. The second-order valence-electron chi connectivity index (χ2n) is 6.26. The Bertz CT molecular complexity index is 953. The lowest BCUT2D eigenvalue weighted by Gasteiger charge is -2.11. The van der Waals surface area contributed by atoms with Gasteiger partial charge in [-0.25, -0.2) is 0 Å². The second-order valence-corrected chi connectivity index (χ2v) is 6.26. The lowest BCUT2D eigenvalue weighted by Crippen LogP contribution is -2.20. The first-order chi connectivity index (χ1) is 12.8. The molecular formula is C20H22N4O3. The summed E-state index contributed by atoms with van der Waals surface area (Å²) in [5.74, 6) is -0.243. The zero-order valence-electron chi connectivity index (χ0n) is 15.6. The van der Waals surface area contributed by atoms with Gasteiger partial charge in [0.05, 0.1) is 6.42 Å². The van der Waals surface area contributed by atoms with Gasteiger partial charge in [0.1, 0.15) is 11.6 Å². The number of anilines is 1. The number of likely N-dealkylation sites (N-methyl/N-ethyl adjacent to an activating group) is 1. The van der Waals surface area contributed by atoms with Crippen LogP contribution in [0.25, 0.3) is 0 Å². The van der Waals surface area contributed by atoms with E-state index in [4.69, 9.17) is 5.26 Å². The van der Waals surface area contributed by atoms with E-state index in [-0.39, 0.29) is 30.2 Å². The number of hydrogen-bond acceptors (Lipinski definition) is 4. The Morgan fingerprint density at radius 1 is 1.15 bits per heavy atom. The molecule has 27 heavy (non-hydrogen) atoms. The third-order valence-electron chi connectivity index (χ3n) is 4.40. The van der Waals surface area contributed by atoms with E-state index in [2.05, 4.69) is 15.6 Å². The molecule has 7 heteroatoms. The molecule has 0 saturated carbocycles. The number of aromatic amines is 1. The van der Waals surface area contributed by atoms with Crippen LogP contribution < -0.4 is 16.2 Å². The molecular weight excluding hydrogens is 344 g/mol. The van der Waals surface area contributed by atoms with Gasteiger partial charge in [0, 0.05) is 24.8 Å². The number of H-pyrrole nitrogens is 1. The van der Waals surface area contributed by atoms with Crippen LogP contribution in [0.15, 0.2) is 29.1 Å². The van der Waals surface area contributed by atoms with Crippen LogP contribution in [0, 0.1) is 25.2 Å². The molecule has 0 bridgehead atoms. The molecule has 0 radical (unpaired) electrons. The highest BCUT2D eigenvalue weighted by atomic mass is 16.2. The van der Waals surface area contributed by atoms with Gasteiger partial charge in [0.25, 0.3) is 5.56 Å². The van der Waals surface area contributed by atoms with Crippen LogP contribution in [0.3, 0.4) is 0 Å². The minimum absolute atomic E-state index is 0.0739. The zero-order chi connectivity index (χ0) is 20.0. The second kappa shape index (κ2) is 8.81. The Balaban J connectivity index is 2.00. The largest absolute Gasteiger partial charge is 0.359 e. The molecule has 0 aliphatic heterocycles. The number of amides is 2. The van der Waals surface area contributed by atoms with E-state index < -0.39 is 5.56 Å². The number of aromatic nitrogens is 1. The molecule has 140 valence electrons. The number of nitrogens with one attached hydrogen (secondary N) is 3. The first-order valence-electron chi connectivity index (χ1n) is 8.57. The van der Waals surface area contributed by atoms with Crippen molar-refractivity contribution in [2.45, 2.75) is 33.1 Å². The summed E-state index contributed by atoms with van der Waals surface area (Å²) in [6.45, 7) is 3.48. The number of nitriles is 1. The fraction of sp³-hybridized carbons (Fsp3) is 0.300. The minimum atomic E-state index is -0.405. The van der Waals surface area contributed by atoms with Crippen LogP contribution in [0.4, 0.5) is 5.69 Å². The predicted molar refractivity (Wildman–Crippen MR) is 102 cm³/mol. The average Bonchev–Trinajstić information content (AvgIpc) is 2.63. The maximum Gasteiger partial charge on any atom is 0.266 e. The van der Waals surface area contributed by atoms with Crippen molar-refractivity contribution in [3.8, 4) is 6.07 Å². The Morgan fingerprint density at radius 3 is 2.41 bits per heavy atom. The number of aryl methyl sites for hydroxylation is 1. The van der Waals surface area contributed by atoms with Crippen molar-refractivity contribution in [2.75, 3.05) is 12.4 Å². The number of pyridine rings is 1. The summed E-state index contributed by atoms with van der Waals surface area (Å²) in [4.78, 5) is 38.0. The topological polar surface area (TPSA) is 115 Å². The minimum Gasteiger partial charge on any atom is -0.359 e. The summed E-state index contributed by atoms with van der Waals surface area (Å²) in [6, 6.07) is 8.99. The van der Waals surface area contributed by atoms with Crippen molar-refractivity contribution >= 4 is 17.5 Å². The Labute approximate surface area is 157 Å². The molecule has 2 aromatic rings. The first-order valence-corrected chi connectivity index (χ1v) is 8.57. The van der Waals surface area contributed by atoms with E-state index >= 15 is 0 Å². The number of hydrogen-bond donors (Lipinski definition) is 3. The van der Waals surface area contributed by atoms with Gasteiger partial charge in [-0.15, -0.1) is 0 Å². The third-order valence-corrected chi connectivity index (χ3v) is 4.40. The van der Waals surface area contributed by atoms with Crippen LogP contribution in [-0.4, -0.2) is 23.8 Å².